The molecular weight excluding hydrogens is 260 g/mol. The molecule has 0 spiro atoms. The number of anilines is 1. The Morgan fingerprint density at radius 1 is 1.19 bits per heavy atom. The van der Waals surface area contributed by atoms with Gasteiger partial charge in [0, 0.05) is 6.04 Å². The Morgan fingerprint density at radius 2 is 1.90 bits per heavy atom. The first-order chi connectivity index (χ1) is 10.1. The van der Waals surface area contributed by atoms with Gasteiger partial charge in [0.05, 0.1) is 5.69 Å². The average Bonchev–Trinajstić information content (AvgIpc) is 2.50. The normalized spacial score (nSPS) is 11.7. The average molecular weight is 280 g/mol. The standard InChI is InChI=1S/C17H20N4/c1-12(9-10-15-7-5-4-6-8-15)19-17-16(11-18)13(2)14(3)20-21-17/h4-8,12H,9-10H2,1-3H3,(H,19,21)/t12-/m1/s1. The zero-order chi connectivity index (χ0) is 15.2. The lowest BCUT2D eigenvalue weighted by Crippen LogP contribution is -2.19. The van der Waals surface area contributed by atoms with Crippen LogP contribution < -0.4 is 5.32 Å². The number of benzene rings is 1. The Balaban J connectivity index is 2.02. The molecule has 0 aliphatic carbocycles. The first-order valence-corrected chi connectivity index (χ1v) is 7.16. The highest BCUT2D eigenvalue weighted by molar-refractivity contribution is 5.56. The molecule has 0 bridgehead atoms. The third kappa shape index (κ3) is 3.79. The first-order valence-electron chi connectivity index (χ1n) is 7.16. The lowest BCUT2D eigenvalue weighted by molar-refractivity contribution is 0.699. The molecule has 0 radical (unpaired) electrons. The Morgan fingerprint density at radius 3 is 2.57 bits per heavy atom. The molecule has 1 N–H and O–H groups in total. The Kier molecular flexibility index (Phi) is 4.89. The summed E-state index contributed by atoms with van der Waals surface area (Å²) < 4.78 is 0. The van der Waals surface area contributed by atoms with Crippen LogP contribution >= 0.6 is 0 Å². The summed E-state index contributed by atoms with van der Waals surface area (Å²) in [4.78, 5) is 0. The molecule has 1 atom stereocenters. The number of hydrogen-bond donors (Lipinski definition) is 1. The van der Waals surface area contributed by atoms with Gasteiger partial charge in [0.25, 0.3) is 0 Å². The third-order valence-corrected chi connectivity index (χ3v) is 3.66. The summed E-state index contributed by atoms with van der Waals surface area (Å²) in [7, 11) is 0. The van der Waals surface area contributed by atoms with Gasteiger partial charge in [-0.1, -0.05) is 30.3 Å². The van der Waals surface area contributed by atoms with Gasteiger partial charge >= 0.3 is 0 Å². The second kappa shape index (κ2) is 6.85. The van der Waals surface area contributed by atoms with Crippen molar-refractivity contribution in [1.82, 2.24) is 10.2 Å². The van der Waals surface area contributed by atoms with Crippen molar-refractivity contribution in [3.63, 3.8) is 0 Å². The summed E-state index contributed by atoms with van der Waals surface area (Å²) in [6, 6.07) is 12.8. The lowest BCUT2D eigenvalue weighted by atomic mass is 10.1. The molecule has 0 unspecified atom stereocenters. The van der Waals surface area contributed by atoms with Crippen molar-refractivity contribution >= 4 is 5.82 Å². The number of hydrogen-bond acceptors (Lipinski definition) is 4. The smallest absolute Gasteiger partial charge is 0.167 e. The van der Waals surface area contributed by atoms with E-state index in [1.54, 1.807) is 0 Å². The van der Waals surface area contributed by atoms with Gasteiger partial charge in [-0.15, -0.1) is 5.10 Å². The van der Waals surface area contributed by atoms with Crippen molar-refractivity contribution in [3.8, 4) is 6.07 Å². The number of nitrogens with zero attached hydrogens (tertiary/aromatic N) is 3. The molecule has 0 saturated heterocycles. The number of nitrogens with one attached hydrogen (secondary N) is 1. The van der Waals surface area contributed by atoms with E-state index in [-0.39, 0.29) is 6.04 Å². The van der Waals surface area contributed by atoms with Crippen LogP contribution in [-0.4, -0.2) is 16.2 Å². The van der Waals surface area contributed by atoms with E-state index in [4.69, 9.17) is 0 Å². The topological polar surface area (TPSA) is 61.6 Å². The van der Waals surface area contributed by atoms with Gasteiger partial charge in [0.15, 0.2) is 5.82 Å². The number of aryl methyl sites for hydroxylation is 2. The minimum Gasteiger partial charge on any atom is -0.365 e. The minimum atomic E-state index is 0.230. The molecule has 21 heavy (non-hydrogen) atoms. The third-order valence-electron chi connectivity index (χ3n) is 3.66. The Bertz CT molecular complexity index is 644. The molecule has 2 aromatic rings. The maximum atomic E-state index is 9.29. The van der Waals surface area contributed by atoms with E-state index >= 15 is 0 Å². The van der Waals surface area contributed by atoms with Gasteiger partial charge in [0.1, 0.15) is 11.6 Å². The van der Waals surface area contributed by atoms with E-state index in [1.165, 1.54) is 5.56 Å². The molecule has 2 rings (SSSR count). The van der Waals surface area contributed by atoms with Crippen LogP contribution in [0.15, 0.2) is 30.3 Å². The van der Waals surface area contributed by atoms with Crippen LogP contribution in [0, 0.1) is 25.2 Å². The SMILES string of the molecule is Cc1nnc(N[C@H](C)CCc2ccccc2)c(C#N)c1C. The van der Waals surface area contributed by atoms with Crippen molar-refractivity contribution < 1.29 is 0 Å². The van der Waals surface area contributed by atoms with Gasteiger partial charge in [0.2, 0.25) is 0 Å². The van der Waals surface area contributed by atoms with E-state index < -0.39 is 0 Å². The van der Waals surface area contributed by atoms with Crippen LogP contribution in [0.25, 0.3) is 0 Å². The largest absolute Gasteiger partial charge is 0.365 e. The van der Waals surface area contributed by atoms with Crippen LogP contribution in [-0.2, 0) is 6.42 Å². The van der Waals surface area contributed by atoms with Gasteiger partial charge in [-0.2, -0.15) is 10.4 Å². The number of nitriles is 1. The number of rotatable bonds is 5. The van der Waals surface area contributed by atoms with Crippen molar-refractivity contribution in [2.75, 3.05) is 5.32 Å². The molecular formula is C17H20N4. The summed E-state index contributed by atoms with van der Waals surface area (Å²) >= 11 is 0. The molecule has 108 valence electrons. The fraction of sp³-hybridized carbons (Fsp3) is 0.353. The molecule has 4 heteroatoms. The van der Waals surface area contributed by atoms with Crippen LogP contribution in [0.4, 0.5) is 5.82 Å². The van der Waals surface area contributed by atoms with Gasteiger partial charge in [-0.25, -0.2) is 0 Å². The van der Waals surface area contributed by atoms with Gasteiger partial charge < -0.3 is 5.32 Å². The van der Waals surface area contributed by atoms with E-state index in [0.717, 1.165) is 24.1 Å². The first kappa shape index (κ1) is 15.0. The molecule has 0 aliphatic heterocycles. The quantitative estimate of drug-likeness (QED) is 0.911. The highest BCUT2D eigenvalue weighted by Gasteiger charge is 2.12. The summed E-state index contributed by atoms with van der Waals surface area (Å²) in [5.41, 5.74) is 3.60. The molecule has 1 aromatic carbocycles. The van der Waals surface area contributed by atoms with E-state index in [1.807, 2.05) is 19.9 Å². The highest BCUT2D eigenvalue weighted by atomic mass is 15.2. The monoisotopic (exact) mass is 280 g/mol. The molecule has 0 fully saturated rings. The van der Waals surface area contributed by atoms with E-state index in [0.29, 0.717) is 11.4 Å². The maximum Gasteiger partial charge on any atom is 0.167 e. The second-order valence-electron chi connectivity index (χ2n) is 5.32. The van der Waals surface area contributed by atoms with Gasteiger partial charge in [-0.3, -0.25) is 0 Å². The zero-order valence-electron chi connectivity index (χ0n) is 12.7. The molecule has 4 nitrogen and oxygen atoms in total. The summed E-state index contributed by atoms with van der Waals surface area (Å²) in [5, 5.41) is 20.8. The lowest BCUT2D eigenvalue weighted by Gasteiger charge is -2.16. The predicted octanol–water partition coefficient (Wildman–Crippen LogP) is 3.40. The molecule has 1 aromatic heterocycles. The van der Waals surface area contributed by atoms with Crippen LogP contribution in [0.1, 0.15) is 35.7 Å². The fourth-order valence-corrected chi connectivity index (χ4v) is 2.18. The molecule has 0 amide bonds. The fourth-order valence-electron chi connectivity index (χ4n) is 2.18. The zero-order valence-corrected chi connectivity index (χ0v) is 12.7. The summed E-state index contributed by atoms with van der Waals surface area (Å²) in [6.45, 7) is 5.87. The van der Waals surface area contributed by atoms with Crippen molar-refractivity contribution in [3.05, 3.63) is 52.7 Å². The Hall–Kier alpha value is -2.41. The van der Waals surface area contributed by atoms with Crippen LogP contribution in [0.3, 0.4) is 0 Å². The summed E-state index contributed by atoms with van der Waals surface area (Å²) in [5.74, 6) is 0.584. The predicted molar refractivity (Wildman–Crippen MR) is 84.1 cm³/mol. The molecule has 0 saturated carbocycles. The maximum absolute atomic E-state index is 9.29. The summed E-state index contributed by atoms with van der Waals surface area (Å²) in [6.07, 6.45) is 1.97. The Labute approximate surface area is 125 Å². The number of aromatic nitrogens is 2. The van der Waals surface area contributed by atoms with Crippen molar-refractivity contribution in [2.45, 2.75) is 39.7 Å². The second-order valence-corrected chi connectivity index (χ2v) is 5.32. The van der Waals surface area contributed by atoms with Crippen LogP contribution in [0.5, 0.6) is 0 Å². The molecule has 0 aliphatic rings. The van der Waals surface area contributed by atoms with Crippen molar-refractivity contribution in [2.24, 2.45) is 0 Å². The highest BCUT2D eigenvalue weighted by Crippen LogP contribution is 2.18. The van der Waals surface area contributed by atoms with Gasteiger partial charge in [-0.05, 0) is 44.7 Å². The minimum absolute atomic E-state index is 0.230. The van der Waals surface area contributed by atoms with Crippen molar-refractivity contribution in [1.29, 1.82) is 5.26 Å². The van der Waals surface area contributed by atoms with E-state index in [9.17, 15) is 5.26 Å². The molecule has 1 heterocycles. The van der Waals surface area contributed by atoms with E-state index in [2.05, 4.69) is 52.8 Å². The van der Waals surface area contributed by atoms with Crippen LogP contribution in [0.2, 0.25) is 0 Å².